The number of rotatable bonds is 3. The lowest BCUT2D eigenvalue weighted by molar-refractivity contribution is -0.137. The predicted octanol–water partition coefficient (Wildman–Crippen LogP) is 4.32. The molecule has 2 N–H and O–H groups in total. The molecule has 3 aromatic rings. The molecule has 11 heteroatoms. The van der Waals surface area contributed by atoms with Gasteiger partial charge in [0.1, 0.15) is 10.5 Å². The summed E-state index contributed by atoms with van der Waals surface area (Å²) in [5.41, 5.74) is -0.900. The summed E-state index contributed by atoms with van der Waals surface area (Å²) in [7, 11) is 1.42. The van der Waals surface area contributed by atoms with Crippen molar-refractivity contribution in [1.82, 2.24) is 14.9 Å². The Balaban J connectivity index is 1.75. The number of thiophene rings is 1. The number of carbonyl (C=O) groups is 1. The van der Waals surface area contributed by atoms with Gasteiger partial charge in [-0.1, -0.05) is 11.6 Å². The van der Waals surface area contributed by atoms with E-state index in [0.717, 1.165) is 12.1 Å². The number of urea groups is 1. The summed E-state index contributed by atoms with van der Waals surface area (Å²) in [6.45, 7) is -0.0351. The highest BCUT2D eigenvalue weighted by atomic mass is 35.5. The normalized spacial score (nSPS) is 11.6. The number of fused-ring (bicyclic) bond motifs is 1. The first-order valence-electron chi connectivity index (χ1n) is 7.50. The molecule has 6 nitrogen and oxygen atoms in total. The van der Waals surface area contributed by atoms with Crippen LogP contribution in [0, 0.1) is 0 Å². The van der Waals surface area contributed by atoms with Crippen molar-refractivity contribution < 1.29 is 18.0 Å². The quantitative estimate of drug-likeness (QED) is 0.667. The van der Waals surface area contributed by atoms with Gasteiger partial charge < -0.3 is 15.2 Å². The SMILES string of the molecule is CN(Cc1nc2ccsc2c(=O)[nH]1)C(=O)Nc1ccc(Cl)c(C(F)(F)F)c1. The highest BCUT2D eigenvalue weighted by Crippen LogP contribution is 2.36. The van der Waals surface area contributed by atoms with E-state index in [4.69, 9.17) is 11.6 Å². The number of hydrogen-bond acceptors (Lipinski definition) is 4. The second-order valence-electron chi connectivity index (χ2n) is 5.63. The van der Waals surface area contributed by atoms with Crippen molar-refractivity contribution in [3.63, 3.8) is 0 Å². The number of aromatic amines is 1. The average molecular weight is 417 g/mol. The van der Waals surface area contributed by atoms with Crippen LogP contribution in [0.5, 0.6) is 0 Å². The summed E-state index contributed by atoms with van der Waals surface area (Å²) in [5.74, 6) is 0.260. The zero-order chi connectivity index (χ0) is 19.8. The van der Waals surface area contributed by atoms with Crippen molar-refractivity contribution in [3.8, 4) is 0 Å². The number of anilines is 1. The second-order valence-corrected chi connectivity index (χ2v) is 6.95. The molecule has 0 unspecified atom stereocenters. The van der Waals surface area contributed by atoms with Crippen LogP contribution in [0.2, 0.25) is 5.02 Å². The predicted molar refractivity (Wildman–Crippen MR) is 97.2 cm³/mol. The minimum atomic E-state index is -4.64. The van der Waals surface area contributed by atoms with E-state index in [1.54, 1.807) is 11.4 Å². The van der Waals surface area contributed by atoms with Crippen LogP contribution >= 0.6 is 22.9 Å². The van der Waals surface area contributed by atoms with Crippen molar-refractivity contribution >= 4 is 44.9 Å². The summed E-state index contributed by atoms with van der Waals surface area (Å²) in [5, 5.41) is 3.63. The first kappa shape index (κ1) is 19.2. The third-order valence-electron chi connectivity index (χ3n) is 3.62. The molecule has 0 aliphatic carbocycles. The fourth-order valence-corrected chi connectivity index (χ4v) is 3.28. The zero-order valence-corrected chi connectivity index (χ0v) is 15.3. The first-order chi connectivity index (χ1) is 12.6. The molecule has 0 bridgehead atoms. The number of benzene rings is 1. The van der Waals surface area contributed by atoms with E-state index in [2.05, 4.69) is 15.3 Å². The standard InChI is InChI=1S/C16H12ClF3N4O2S/c1-24(7-12-22-11-4-5-27-13(11)14(25)23-12)15(26)21-8-2-3-10(17)9(6-8)16(18,19)20/h2-6H,7H2,1H3,(H,21,26)(H,22,23,25). The lowest BCUT2D eigenvalue weighted by Crippen LogP contribution is -2.32. The summed E-state index contributed by atoms with van der Waals surface area (Å²) in [6, 6.07) is 4.10. The molecule has 27 heavy (non-hydrogen) atoms. The number of nitrogens with zero attached hydrogens (tertiary/aromatic N) is 2. The number of alkyl halides is 3. The van der Waals surface area contributed by atoms with Crippen LogP contribution in [0.25, 0.3) is 10.2 Å². The largest absolute Gasteiger partial charge is 0.417 e. The molecule has 0 saturated carbocycles. The maximum absolute atomic E-state index is 12.9. The Morgan fingerprint density at radius 3 is 2.81 bits per heavy atom. The van der Waals surface area contributed by atoms with Gasteiger partial charge in [-0.15, -0.1) is 11.3 Å². The van der Waals surface area contributed by atoms with Gasteiger partial charge in [-0.3, -0.25) is 4.79 Å². The monoisotopic (exact) mass is 416 g/mol. The number of halogens is 4. The molecule has 2 amide bonds. The van der Waals surface area contributed by atoms with Gasteiger partial charge >= 0.3 is 12.2 Å². The molecule has 3 rings (SSSR count). The Bertz CT molecular complexity index is 1060. The van der Waals surface area contributed by atoms with Gasteiger partial charge in [0.25, 0.3) is 5.56 Å². The van der Waals surface area contributed by atoms with Crippen LogP contribution in [0.4, 0.5) is 23.7 Å². The van der Waals surface area contributed by atoms with Crippen molar-refractivity contribution in [1.29, 1.82) is 0 Å². The van der Waals surface area contributed by atoms with Crippen LogP contribution in [0.15, 0.2) is 34.4 Å². The van der Waals surface area contributed by atoms with E-state index in [1.807, 2.05) is 0 Å². The molecule has 0 radical (unpaired) electrons. The van der Waals surface area contributed by atoms with Gasteiger partial charge in [0, 0.05) is 12.7 Å². The van der Waals surface area contributed by atoms with Gasteiger partial charge in [0.2, 0.25) is 0 Å². The van der Waals surface area contributed by atoms with Crippen LogP contribution in [-0.4, -0.2) is 27.9 Å². The number of H-pyrrole nitrogens is 1. The van der Waals surface area contributed by atoms with E-state index in [0.29, 0.717) is 10.2 Å². The number of aromatic nitrogens is 2. The van der Waals surface area contributed by atoms with Gasteiger partial charge in [-0.05, 0) is 29.6 Å². The summed E-state index contributed by atoms with van der Waals surface area (Å²) < 4.78 is 39.2. The fraction of sp³-hybridized carbons (Fsp3) is 0.188. The van der Waals surface area contributed by atoms with Gasteiger partial charge in [-0.2, -0.15) is 13.2 Å². The smallest absolute Gasteiger partial charge is 0.320 e. The van der Waals surface area contributed by atoms with Crippen LogP contribution in [0.3, 0.4) is 0 Å². The minimum Gasteiger partial charge on any atom is -0.320 e. The van der Waals surface area contributed by atoms with Crippen LogP contribution in [0.1, 0.15) is 11.4 Å². The topological polar surface area (TPSA) is 78.1 Å². The molecule has 0 aliphatic heterocycles. The minimum absolute atomic E-state index is 0.0351. The van der Waals surface area contributed by atoms with E-state index in [9.17, 15) is 22.8 Å². The molecular weight excluding hydrogens is 405 g/mol. The van der Waals surface area contributed by atoms with E-state index < -0.39 is 22.8 Å². The van der Waals surface area contributed by atoms with Gasteiger partial charge in [0.15, 0.2) is 0 Å². The first-order valence-corrected chi connectivity index (χ1v) is 8.76. The maximum Gasteiger partial charge on any atom is 0.417 e. The van der Waals surface area contributed by atoms with Crippen molar-refractivity contribution in [2.45, 2.75) is 12.7 Å². The maximum atomic E-state index is 12.9. The number of nitrogens with one attached hydrogen (secondary N) is 2. The molecule has 142 valence electrons. The fourth-order valence-electron chi connectivity index (χ4n) is 2.33. The molecule has 1 aromatic carbocycles. The molecule has 0 saturated heterocycles. The molecule has 0 atom stereocenters. The molecule has 2 heterocycles. The molecule has 2 aromatic heterocycles. The highest BCUT2D eigenvalue weighted by Gasteiger charge is 2.33. The Kier molecular flexibility index (Phi) is 5.11. The Labute approximate surface area is 159 Å². The Morgan fingerprint density at radius 2 is 2.11 bits per heavy atom. The third-order valence-corrected chi connectivity index (χ3v) is 4.85. The number of carbonyl (C=O) groups excluding carboxylic acids is 1. The number of hydrogen-bond donors (Lipinski definition) is 2. The summed E-state index contributed by atoms with van der Waals surface area (Å²) in [6.07, 6.45) is -4.64. The van der Waals surface area contributed by atoms with Crippen molar-refractivity contribution in [2.24, 2.45) is 0 Å². The van der Waals surface area contributed by atoms with E-state index >= 15 is 0 Å². The molecule has 0 aliphatic rings. The zero-order valence-electron chi connectivity index (χ0n) is 13.7. The summed E-state index contributed by atoms with van der Waals surface area (Å²) in [4.78, 5) is 32.2. The molecule has 0 spiro atoms. The van der Waals surface area contributed by atoms with E-state index in [-0.39, 0.29) is 23.6 Å². The van der Waals surface area contributed by atoms with E-state index in [1.165, 1.54) is 29.4 Å². The second kappa shape index (κ2) is 7.20. The Morgan fingerprint density at radius 1 is 1.37 bits per heavy atom. The van der Waals surface area contributed by atoms with Gasteiger partial charge in [-0.25, -0.2) is 9.78 Å². The highest BCUT2D eigenvalue weighted by molar-refractivity contribution is 7.17. The lowest BCUT2D eigenvalue weighted by atomic mass is 10.2. The van der Waals surface area contributed by atoms with Crippen molar-refractivity contribution in [2.75, 3.05) is 12.4 Å². The Hall–Kier alpha value is -2.59. The lowest BCUT2D eigenvalue weighted by Gasteiger charge is -2.18. The third kappa shape index (κ3) is 4.22. The molecular formula is C16H12ClF3N4O2S. The number of amides is 2. The van der Waals surface area contributed by atoms with Crippen molar-refractivity contribution in [3.05, 3.63) is 56.4 Å². The van der Waals surface area contributed by atoms with Crippen LogP contribution in [-0.2, 0) is 12.7 Å². The average Bonchev–Trinajstić information content (AvgIpc) is 3.04. The van der Waals surface area contributed by atoms with Crippen LogP contribution < -0.4 is 10.9 Å². The van der Waals surface area contributed by atoms with Gasteiger partial charge in [0.05, 0.1) is 22.6 Å². The summed E-state index contributed by atoms with van der Waals surface area (Å²) >= 11 is 6.81. The molecule has 0 fully saturated rings.